The zero-order valence-electron chi connectivity index (χ0n) is 15.5. The summed E-state index contributed by atoms with van der Waals surface area (Å²) in [7, 11) is 0. The van der Waals surface area contributed by atoms with Crippen LogP contribution in [0.5, 0.6) is 11.5 Å². The van der Waals surface area contributed by atoms with E-state index >= 15 is 0 Å². The van der Waals surface area contributed by atoms with E-state index in [2.05, 4.69) is 0 Å². The summed E-state index contributed by atoms with van der Waals surface area (Å²) < 4.78 is 16.0. The Morgan fingerprint density at radius 3 is 2.34 bits per heavy atom. The summed E-state index contributed by atoms with van der Waals surface area (Å²) in [6.45, 7) is -0.143. The van der Waals surface area contributed by atoms with E-state index in [-0.39, 0.29) is 59.5 Å². The third kappa shape index (κ3) is 5.82. The molecule has 0 aliphatic rings. The van der Waals surface area contributed by atoms with Crippen molar-refractivity contribution in [2.45, 2.75) is 6.10 Å². The van der Waals surface area contributed by atoms with Gasteiger partial charge in [0.1, 0.15) is 42.4 Å². The number of benzene rings is 2. The summed E-state index contributed by atoms with van der Waals surface area (Å²) in [5, 5.41) is 29.8. The molecule has 1 aromatic heterocycles. The minimum atomic E-state index is -1.60. The van der Waals surface area contributed by atoms with Crippen LogP contribution >= 0.6 is 0 Å². The Bertz CT molecular complexity index is 1100. The van der Waals surface area contributed by atoms with Crippen molar-refractivity contribution in [2.75, 3.05) is 13.2 Å². The zero-order valence-corrected chi connectivity index (χ0v) is 17.5. The van der Waals surface area contributed by atoms with Gasteiger partial charge < -0.3 is 28.9 Å². The zero-order chi connectivity index (χ0) is 20.1. The maximum absolute atomic E-state index is 11.9. The minimum Gasteiger partial charge on any atom is -0.542 e. The number of carbonyl (C=O) groups excluding carboxylic acids is 1. The molecule has 9 heteroatoms. The fourth-order valence-corrected chi connectivity index (χ4v) is 2.38. The monoisotopic (exact) mass is 403 g/mol. The predicted octanol–water partition coefficient (Wildman–Crippen LogP) is -2.15. The van der Waals surface area contributed by atoms with Crippen molar-refractivity contribution >= 4 is 16.9 Å². The van der Waals surface area contributed by atoms with Crippen molar-refractivity contribution in [1.29, 1.82) is 5.26 Å². The molecule has 0 fully saturated rings. The summed E-state index contributed by atoms with van der Waals surface area (Å²) in [5.41, 5.74) is 0.0244. The molecule has 142 valence electrons. The van der Waals surface area contributed by atoms with E-state index in [1.807, 2.05) is 6.07 Å². The molecule has 0 spiro atoms. The number of rotatable bonds is 7. The molecule has 29 heavy (non-hydrogen) atoms. The van der Waals surface area contributed by atoms with E-state index in [1.165, 1.54) is 18.2 Å². The van der Waals surface area contributed by atoms with E-state index in [9.17, 15) is 19.8 Å². The number of hydrogen-bond donors (Lipinski definition) is 1. The van der Waals surface area contributed by atoms with Crippen LogP contribution in [-0.2, 0) is 0 Å². The Morgan fingerprint density at radius 2 is 1.72 bits per heavy atom. The van der Waals surface area contributed by atoms with Crippen LogP contribution in [0, 0.1) is 11.3 Å². The molecule has 2 aromatic carbocycles. The summed E-state index contributed by atoms with van der Waals surface area (Å²) in [6.07, 6.45) is -0.951. The van der Waals surface area contributed by atoms with Gasteiger partial charge in [0.2, 0.25) is 0 Å². The van der Waals surface area contributed by atoms with Crippen molar-refractivity contribution in [2.24, 2.45) is 0 Å². The summed E-state index contributed by atoms with van der Waals surface area (Å²) in [6, 6.07) is 13.6. The normalized spacial score (nSPS) is 11.2. The fourth-order valence-electron chi connectivity index (χ4n) is 2.38. The number of nitrogens with zero attached hydrogens (tertiary/aromatic N) is 1. The summed E-state index contributed by atoms with van der Waals surface area (Å²) in [4.78, 5) is 22.8. The number of carboxylic acid groups (broad SMARTS) is 1. The predicted molar refractivity (Wildman–Crippen MR) is 95.0 cm³/mol. The van der Waals surface area contributed by atoms with Gasteiger partial charge in [-0.15, -0.1) is 0 Å². The molecule has 1 heterocycles. The molecular weight excluding hydrogens is 389 g/mol. The third-order valence-corrected chi connectivity index (χ3v) is 3.77. The second-order valence-corrected chi connectivity index (χ2v) is 5.83. The number of aliphatic hydroxyl groups excluding tert-OH is 1. The Hall–Kier alpha value is -2.83. The largest absolute Gasteiger partial charge is 1.00 e. The van der Waals surface area contributed by atoms with Gasteiger partial charge in [0.25, 0.3) is 0 Å². The van der Waals surface area contributed by atoms with Crippen LogP contribution in [-0.4, -0.2) is 30.4 Å². The van der Waals surface area contributed by atoms with Gasteiger partial charge in [0.05, 0.1) is 17.0 Å². The molecule has 3 aromatic rings. The molecule has 0 bridgehead atoms. The maximum Gasteiger partial charge on any atom is 1.00 e. The van der Waals surface area contributed by atoms with Crippen LogP contribution in [0.1, 0.15) is 16.1 Å². The van der Waals surface area contributed by atoms with Crippen molar-refractivity contribution in [3.63, 3.8) is 0 Å². The van der Waals surface area contributed by atoms with Crippen LogP contribution in [0.15, 0.2) is 57.7 Å². The molecule has 1 N–H and O–H groups in total. The molecule has 0 aliphatic carbocycles. The first-order chi connectivity index (χ1) is 13.5. The molecule has 3 rings (SSSR count). The first-order valence-electron chi connectivity index (χ1n) is 8.19. The Balaban J connectivity index is 0.00000300. The van der Waals surface area contributed by atoms with Gasteiger partial charge in [0.15, 0.2) is 11.2 Å². The molecule has 1 unspecified atom stereocenters. The minimum absolute atomic E-state index is 0. The molecule has 0 radical (unpaired) electrons. The van der Waals surface area contributed by atoms with Crippen LogP contribution in [0.3, 0.4) is 0 Å². The van der Waals surface area contributed by atoms with Crippen molar-refractivity contribution in [3.8, 4) is 17.6 Å². The SMILES string of the molecule is N#Cc1ccc(OCC(O)COc2ccc3c(=O)cc(C(=O)[O-])oc3c2)cc1.[Na+]. The van der Waals surface area contributed by atoms with E-state index in [0.29, 0.717) is 11.3 Å². The van der Waals surface area contributed by atoms with Gasteiger partial charge in [-0.3, -0.25) is 4.79 Å². The summed E-state index contributed by atoms with van der Waals surface area (Å²) in [5.74, 6) is -1.39. The van der Waals surface area contributed by atoms with E-state index in [1.54, 1.807) is 24.3 Å². The molecule has 0 saturated carbocycles. The number of hydrogen-bond acceptors (Lipinski definition) is 8. The molecule has 0 saturated heterocycles. The van der Waals surface area contributed by atoms with Crippen molar-refractivity contribution < 1.29 is 58.5 Å². The van der Waals surface area contributed by atoms with Crippen LogP contribution in [0.2, 0.25) is 0 Å². The van der Waals surface area contributed by atoms with Crippen LogP contribution < -0.4 is 49.6 Å². The Labute approximate surface area is 187 Å². The molecule has 1 atom stereocenters. The third-order valence-electron chi connectivity index (χ3n) is 3.77. The topological polar surface area (TPSA) is 133 Å². The Kier molecular flexibility index (Phi) is 7.82. The maximum atomic E-state index is 11.9. The van der Waals surface area contributed by atoms with Gasteiger partial charge >= 0.3 is 29.6 Å². The first kappa shape index (κ1) is 22.5. The average molecular weight is 403 g/mol. The van der Waals surface area contributed by atoms with E-state index < -0.39 is 23.3 Å². The second kappa shape index (κ2) is 10.1. The van der Waals surface area contributed by atoms with Gasteiger partial charge in [-0.05, 0) is 36.4 Å². The smallest absolute Gasteiger partial charge is 0.542 e. The number of nitriles is 1. The number of aromatic carboxylic acids is 1. The number of aliphatic hydroxyl groups is 1. The number of carboxylic acids is 1. The molecular formula is C20H14NNaO7. The van der Waals surface area contributed by atoms with Crippen LogP contribution in [0.4, 0.5) is 0 Å². The van der Waals surface area contributed by atoms with E-state index in [4.69, 9.17) is 19.2 Å². The number of ether oxygens (including phenoxy) is 2. The van der Waals surface area contributed by atoms with E-state index in [0.717, 1.165) is 6.07 Å². The van der Waals surface area contributed by atoms with Gasteiger partial charge in [0, 0.05) is 12.1 Å². The van der Waals surface area contributed by atoms with Crippen molar-refractivity contribution in [3.05, 3.63) is 70.1 Å². The standard InChI is InChI=1S/C20H15NO7.Na/c21-9-12-1-3-14(4-2-12)26-10-13(22)11-27-15-5-6-16-17(23)8-19(20(24)25)28-18(16)7-15;/h1-8,13,22H,10-11H2,(H,24,25);/q;+1/p-1. The fraction of sp³-hybridized carbons (Fsp3) is 0.150. The van der Waals surface area contributed by atoms with Crippen LogP contribution in [0.25, 0.3) is 11.0 Å². The second-order valence-electron chi connectivity index (χ2n) is 5.83. The molecule has 0 amide bonds. The molecule has 0 aliphatic heterocycles. The summed E-state index contributed by atoms with van der Waals surface area (Å²) >= 11 is 0. The molecule has 8 nitrogen and oxygen atoms in total. The van der Waals surface area contributed by atoms with Gasteiger partial charge in [-0.25, -0.2) is 0 Å². The number of carbonyl (C=O) groups is 1. The first-order valence-corrected chi connectivity index (χ1v) is 8.19. The Morgan fingerprint density at radius 1 is 1.10 bits per heavy atom. The average Bonchev–Trinajstić information content (AvgIpc) is 2.70. The number of fused-ring (bicyclic) bond motifs is 1. The van der Waals surface area contributed by atoms with Gasteiger partial charge in [-0.2, -0.15) is 5.26 Å². The van der Waals surface area contributed by atoms with Gasteiger partial charge in [-0.1, -0.05) is 0 Å². The van der Waals surface area contributed by atoms with Crippen molar-refractivity contribution in [1.82, 2.24) is 0 Å². The quantitative estimate of drug-likeness (QED) is 0.442.